The molecule has 0 atom stereocenters. The average molecular weight is 521 g/mol. The number of rotatable bonds is 9. The molecule has 0 N–H and O–H groups in total. The number of non-ortho nitro benzene ring substituents is 1. The third-order valence-corrected chi connectivity index (χ3v) is 5.97. The van der Waals surface area contributed by atoms with Crippen LogP contribution in [0, 0.1) is 10.1 Å². The van der Waals surface area contributed by atoms with Crippen LogP contribution >= 0.6 is 0 Å². The number of pyridine rings is 1. The standard InChI is InChI=1S/C31H24N2O6/c1-2-37-24-15-9-22(10-16-24)30-19-28(27-5-3-4-6-29(27)32-30)31(34)38-20-21-7-13-25(14-8-21)39-26-17-11-23(12-18-26)33(35)36/h3-19H,2,20H2,1H3. The number of carbonyl (C=O) groups is 1. The molecule has 0 unspecified atom stereocenters. The van der Waals surface area contributed by atoms with Gasteiger partial charge < -0.3 is 14.2 Å². The summed E-state index contributed by atoms with van der Waals surface area (Å²) in [5, 5.41) is 11.5. The van der Waals surface area contributed by atoms with Crippen molar-refractivity contribution in [2.24, 2.45) is 0 Å². The predicted octanol–water partition coefficient (Wildman–Crippen LogP) is 7.36. The highest BCUT2D eigenvalue weighted by Crippen LogP contribution is 2.28. The van der Waals surface area contributed by atoms with E-state index in [0.29, 0.717) is 40.3 Å². The molecule has 1 heterocycles. The van der Waals surface area contributed by atoms with Gasteiger partial charge in [0.05, 0.1) is 28.3 Å². The molecule has 0 saturated carbocycles. The molecule has 0 spiro atoms. The van der Waals surface area contributed by atoms with Gasteiger partial charge >= 0.3 is 5.97 Å². The third-order valence-electron chi connectivity index (χ3n) is 5.97. The van der Waals surface area contributed by atoms with Crippen LogP contribution in [0.4, 0.5) is 5.69 Å². The Morgan fingerprint density at radius 1 is 0.846 bits per heavy atom. The number of aromatic nitrogens is 1. The number of para-hydroxylation sites is 1. The minimum atomic E-state index is -0.463. The van der Waals surface area contributed by atoms with Gasteiger partial charge in [-0.15, -0.1) is 0 Å². The highest BCUT2D eigenvalue weighted by molar-refractivity contribution is 6.04. The van der Waals surface area contributed by atoms with Crippen LogP contribution in [0.2, 0.25) is 0 Å². The highest BCUT2D eigenvalue weighted by Gasteiger charge is 2.16. The second-order valence-electron chi connectivity index (χ2n) is 8.60. The fourth-order valence-corrected chi connectivity index (χ4v) is 4.03. The Morgan fingerprint density at radius 2 is 1.49 bits per heavy atom. The van der Waals surface area contributed by atoms with E-state index in [0.717, 1.165) is 16.9 Å². The first-order chi connectivity index (χ1) is 19.0. The van der Waals surface area contributed by atoms with Crippen LogP contribution in [0.1, 0.15) is 22.8 Å². The zero-order valence-electron chi connectivity index (χ0n) is 21.1. The molecule has 0 saturated heterocycles. The van der Waals surface area contributed by atoms with Gasteiger partial charge in [0.15, 0.2) is 0 Å². The maximum absolute atomic E-state index is 13.2. The van der Waals surface area contributed by atoms with Crippen molar-refractivity contribution in [1.29, 1.82) is 0 Å². The molecule has 1 aromatic heterocycles. The maximum atomic E-state index is 13.2. The summed E-state index contributed by atoms with van der Waals surface area (Å²) in [7, 11) is 0. The molecule has 0 aliphatic carbocycles. The van der Waals surface area contributed by atoms with E-state index in [2.05, 4.69) is 0 Å². The minimum absolute atomic E-state index is 0.00640. The van der Waals surface area contributed by atoms with E-state index >= 15 is 0 Å². The zero-order valence-corrected chi connectivity index (χ0v) is 21.1. The van der Waals surface area contributed by atoms with Crippen LogP contribution in [0.25, 0.3) is 22.2 Å². The lowest BCUT2D eigenvalue weighted by Crippen LogP contribution is -2.07. The molecule has 39 heavy (non-hydrogen) atoms. The number of nitro benzene ring substituents is 1. The van der Waals surface area contributed by atoms with Crippen molar-refractivity contribution >= 4 is 22.6 Å². The van der Waals surface area contributed by atoms with Crippen LogP contribution in [-0.4, -0.2) is 22.5 Å². The van der Waals surface area contributed by atoms with Gasteiger partial charge in [-0.1, -0.05) is 30.3 Å². The smallest absolute Gasteiger partial charge is 0.339 e. The lowest BCUT2D eigenvalue weighted by atomic mass is 10.0. The molecular weight excluding hydrogens is 496 g/mol. The molecule has 0 aliphatic rings. The van der Waals surface area contributed by atoms with E-state index in [9.17, 15) is 14.9 Å². The van der Waals surface area contributed by atoms with Crippen LogP contribution in [0.15, 0.2) is 103 Å². The van der Waals surface area contributed by atoms with E-state index in [4.69, 9.17) is 19.2 Å². The average Bonchev–Trinajstić information content (AvgIpc) is 2.97. The Balaban J connectivity index is 1.29. The first-order valence-electron chi connectivity index (χ1n) is 12.3. The van der Waals surface area contributed by atoms with Gasteiger partial charge in [-0.2, -0.15) is 0 Å². The second kappa shape index (κ2) is 11.4. The van der Waals surface area contributed by atoms with Crippen molar-refractivity contribution in [3.05, 3.63) is 124 Å². The largest absolute Gasteiger partial charge is 0.494 e. The molecule has 8 heteroatoms. The van der Waals surface area contributed by atoms with Crippen LogP contribution in [-0.2, 0) is 11.3 Å². The molecule has 8 nitrogen and oxygen atoms in total. The number of nitro groups is 1. The van der Waals surface area contributed by atoms with Gasteiger partial charge in [0.2, 0.25) is 0 Å². The second-order valence-corrected chi connectivity index (χ2v) is 8.60. The van der Waals surface area contributed by atoms with E-state index in [1.165, 1.54) is 24.3 Å². The molecular formula is C31H24N2O6. The lowest BCUT2D eigenvalue weighted by Gasteiger charge is -2.11. The number of nitrogens with zero attached hydrogens (tertiary/aromatic N) is 2. The van der Waals surface area contributed by atoms with Crippen molar-refractivity contribution < 1.29 is 23.9 Å². The normalized spacial score (nSPS) is 10.7. The summed E-state index contributed by atoms with van der Waals surface area (Å²) in [5.74, 6) is 1.35. The number of esters is 1. The quantitative estimate of drug-likeness (QED) is 0.114. The van der Waals surface area contributed by atoms with Gasteiger partial charge in [0.1, 0.15) is 23.9 Å². The molecule has 0 aliphatic heterocycles. The van der Waals surface area contributed by atoms with Crippen molar-refractivity contribution in [2.75, 3.05) is 6.61 Å². The van der Waals surface area contributed by atoms with Gasteiger partial charge in [-0.05, 0) is 73.2 Å². The summed E-state index contributed by atoms with van der Waals surface area (Å²) in [4.78, 5) is 28.3. The van der Waals surface area contributed by atoms with Gasteiger partial charge in [-0.25, -0.2) is 9.78 Å². The maximum Gasteiger partial charge on any atom is 0.339 e. The summed E-state index contributed by atoms with van der Waals surface area (Å²) in [6.07, 6.45) is 0. The number of hydrogen-bond donors (Lipinski definition) is 0. The summed E-state index contributed by atoms with van der Waals surface area (Å²) >= 11 is 0. The van der Waals surface area contributed by atoms with E-state index in [1.54, 1.807) is 30.3 Å². The zero-order chi connectivity index (χ0) is 27.2. The SMILES string of the molecule is CCOc1ccc(-c2cc(C(=O)OCc3ccc(Oc4ccc([N+](=O)[O-])cc4)cc3)c3ccccc3n2)cc1. The Bertz CT molecular complexity index is 1610. The fourth-order valence-electron chi connectivity index (χ4n) is 4.03. The molecule has 194 valence electrons. The topological polar surface area (TPSA) is 101 Å². The van der Waals surface area contributed by atoms with Crippen LogP contribution < -0.4 is 9.47 Å². The molecule has 0 bridgehead atoms. The molecule has 5 aromatic rings. The molecule has 4 aromatic carbocycles. The summed E-state index contributed by atoms with van der Waals surface area (Å²) in [6, 6.07) is 29.7. The molecule has 0 fully saturated rings. The van der Waals surface area contributed by atoms with Gasteiger partial charge in [-0.3, -0.25) is 10.1 Å². The first-order valence-corrected chi connectivity index (χ1v) is 12.3. The van der Waals surface area contributed by atoms with E-state index in [1.807, 2.05) is 55.5 Å². The first kappa shape index (κ1) is 25.4. The lowest BCUT2D eigenvalue weighted by molar-refractivity contribution is -0.384. The Kier molecular flexibility index (Phi) is 7.45. The number of benzene rings is 4. The number of hydrogen-bond acceptors (Lipinski definition) is 7. The van der Waals surface area contributed by atoms with Crippen molar-refractivity contribution in [2.45, 2.75) is 13.5 Å². The Hall–Kier alpha value is -5.24. The highest BCUT2D eigenvalue weighted by atomic mass is 16.6. The monoisotopic (exact) mass is 520 g/mol. The summed E-state index contributed by atoms with van der Waals surface area (Å²) in [6.45, 7) is 2.59. The fraction of sp³-hybridized carbons (Fsp3) is 0.0968. The Labute approximate surface area is 224 Å². The minimum Gasteiger partial charge on any atom is -0.494 e. The number of ether oxygens (including phenoxy) is 3. The van der Waals surface area contributed by atoms with Gasteiger partial charge in [0, 0.05) is 23.1 Å². The number of carbonyl (C=O) groups excluding carboxylic acids is 1. The molecule has 0 amide bonds. The van der Waals surface area contributed by atoms with Crippen molar-refractivity contribution in [3.8, 4) is 28.5 Å². The Morgan fingerprint density at radius 3 is 2.15 bits per heavy atom. The van der Waals surface area contributed by atoms with E-state index < -0.39 is 10.9 Å². The summed E-state index contributed by atoms with van der Waals surface area (Å²) in [5.41, 5.74) is 3.43. The molecule has 5 rings (SSSR count). The van der Waals surface area contributed by atoms with Crippen LogP contribution in [0.3, 0.4) is 0 Å². The summed E-state index contributed by atoms with van der Waals surface area (Å²) < 4.78 is 16.9. The van der Waals surface area contributed by atoms with E-state index in [-0.39, 0.29) is 12.3 Å². The number of fused-ring (bicyclic) bond motifs is 1. The van der Waals surface area contributed by atoms with Crippen LogP contribution in [0.5, 0.6) is 17.2 Å². The van der Waals surface area contributed by atoms with Crippen molar-refractivity contribution in [3.63, 3.8) is 0 Å². The van der Waals surface area contributed by atoms with Gasteiger partial charge in [0.25, 0.3) is 5.69 Å². The van der Waals surface area contributed by atoms with Crippen molar-refractivity contribution in [1.82, 2.24) is 4.98 Å². The molecule has 0 radical (unpaired) electrons. The predicted molar refractivity (Wildman–Crippen MR) is 147 cm³/mol. The third kappa shape index (κ3) is 6.02.